The zero-order valence-corrected chi connectivity index (χ0v) is 13.1. The first kappa shape index (κ1) is 15.0. The molecule has 0 aromatic heterocycles. The second-order valence-corrected chi connectivity index (χ2v) is 6.74. The van der Waals surface area contributed by atoms with Crippen LogP contribution in [0, 0.1) is 5.92 Å². The van der Waals surface area contributed by atoms with E-state index in [0.29, 0.717) is 23.0 Å². The van der Waals surface area contributed by atoms with Crippen LogP contribution in [0.15, 0.2) is 23.1 Å². The van der Waals surface area contributed by atoms with Gasteiger partial charge < -0.3 is 5.32 Å². The van der Waals surface area contributed by atoms with Crippen molar-refractivity contribution in [1.82, 2.24) is 5.32 Å². The molecule has 0 radical (unpaired) electrons. The zero-order chi connectivity index (χ0) is 13.8. The molecule has 1 N–H and O–H groups in total. The lowest BCUT2D eigenvalue weighted by Gasteiger charge is -2.12. The molecule has 0 heterocycles. The molecule has 1 fully saturated rings. The lowest BCUT2D eigenvalue weighted by atomic mass is 10.1. The Morgan fingerprint density at radius 1 is 1.47 bits per heavy atom. The highest BCUT2D eigenvalue weighted by molar-refractivity contribution is 7.98. The van der Waals surface area contributed by atoms with Crippen LogP contribution >= 0.6 is 35.0 Å². The minimum absolute atomic E-state index is 0.0982. The number of halogens is 2. The third-order valence-corrected chi connectivity index (χ3v) is 4.90. The molecule has 0 aliphatic heterocycles. The van der Waals surface area contributed by atoms with Gasteiger partial charge in [-0.15, -0.1) is 23.4 Å². The average molecular weight is 318 g/mol. The summed E-state index contributed by atoms with van der Waals surface area (Å²) in [5.74, 6) is 0.396. The molecule has 2 unspecified atom stereocenters. The van der Waals surface area contributed by atoms with Crippen molar-refractivity contribution in [3.63, 3.8) is 0 Å². The van der Waals surface area contributed by atoms with Gasteiger partial charge in [0.25, 0.3) is 5.91 Å². The first-order valence-corrected chi connectivity index (χ1v) is 8.40. The highest BCUT2D eigenvalue weighted by atomic mass is 35.5. The van der Waals surface area contributed by atoms with Gasteiger partial charge in [-0.2, -0.15) is 0 Å². The Kier molecular flexibility index (Phi) is 5.43. The van der Waals surface area contributed by atoms with Crippen LogP contribution in [0.5, 0.6) is 0 Å². The smallest absolute Gasteiger partial charge is 0.252 e. The third kappa shape index (κ3) is 4.04. The van der Waals surface area contributed by atoms with Crippen molar-refractivity contribution in [2.24, 2.45) is 5.92 Å². The zero-order valence-electron chi connectivity index (χ0n) is 10.8. The molecular weight excluding hydrogens is 301 g/mol. The molecule has 2 rings (SSSR count). The molecule has 2 atom stereocenters. The SMILES string of the molecule is CSc1ccc(Cl)c(C(=O)NCC2CCC(Cl)C2)c1. The van der Waals surface area contributed by atoms with E-state index < -0.39 is 0 Å². The number of hydrogen-bond acceptors (Lipinski definition) is 2. The maximum atomic E-state index is 12.1. The van der Waals surface area contributed by atoms with E-state index in [-0.39, 0.29) is 11.3 Å². The largest absolute Gasteiger partial charge is 0.352 e. The van der Waals surface area contributed by atoms with E-state index in [4.69, 9.17) is 23.2 Å². The minimum Gasteiger partial charge on any atom is -0.352 e. The van der Waals surface area contributed by atoms with E-state index in [2.05, 4.69) is 5.32 Å². The Morgan fingerprint density at radius 3 is 2.89 bits per heavy atom. The predicted octanol–water partition coefficient (Wildman–Crippen LogP) is 4.20. The lowest BCUT2D eigenvalue weighted by Crippen LogP contribution is -2.28. The molecular formula is C14H17Cl2NOS. The molecule has 1 aliphatic rings. The average Bonchev–Trinajstić information content (AvgIpc) is 2.82. The van der Waals surface area contributed by atoms with E-state index in [0.717, 1.165) is 24.2 Å². The van der Waals surface area contributed by atoms with Crippen molar-refractivity contribution >= 4 is 40.9 Å². The van der Waals surface area contributed by atoms with Gasteiger partial charge in [0.2, 0.25) is 0 Å². The number of hydrogen-bond donors (Lipinski definition) is 1. The van der Waals surface area contributed by atoms with E-state index in [9.17, 15) is 4.79 Å². The van der Waals surface area contributed by atoms with E-state index in [1.165, 1.54) is 0 Å². The maximum Gasteiger partial charge on any atom is 0.252 e. The number of thioether (sulfide) groups is 1. The highest BCUT2D eigenvalue weighted by Crippen LogP contribution is 2.29. The first-order chi connectivity index (χ1) is 9.10. The number of carbonyl (C=O) groups excluding carboxylic acids is 1. The molecule has 0 bridgehead atoms. The molecule has 5 heteroatoms. The summed E-state index contributed by atoms with van der Waals surface area (Å²) in [7, 11) is 0. The van der Waals surface area contributed by atoms with Gasteiger partial charge in [0.1, 0.15) is 0 Å². The number of benzene rings is 1. The van der Waals surface area contributed by atoms with Gasteiger partial charge in [-0.1, -0.05) is 11.6 Å². The number of rotatable bonds is 4. The second-order valence-electron chi connectivity index (χ2n) is 4.83. The summed E-state index contributed by atoms with van der Waals surface area (Å²) in [6, 6.07) is 5.52. The summed E-state index contributed by atoms with van der Waals surface area (Å²) < 4.78 is 0. The van der Waals surface area contributed by atoms with Crippen LogP contribution in [0.2, 0.25) is 5.02 Å². The van der Waals surface area contributed by atoms with E-state index >= 15 is 0 Å². The van der Waals surface area contributed by atoms with Gasteiger partial charge in [0.05, 0.1) is 10.6 Å². The Hall–Kier alpha value is -0.380. The Morgan fingerprint density at radius 2 is 2.26 bits per heavy atom. The number of alkyl halides is 1. The van der Waals surface area contributed by atoms with Crippen molar-refractivity contribution < 1.29 is 4.79 Å². The molecule has 2 nitrogen and oxygen atoms in total. The highest BCUT2D eigenvalue weighted by Gasteiger charge is 2.23. The molecule has 0 saturated heterocycles. The Labute approximate surface area is 128 Å². The van der Waals surface area contributed by atoms with Crippen LogP contribution in [-0.4, -0.2) is 24.1 Å². The number of amides is 1. The summed E-state index contributed by atoms with van der Waals surface area (Å²) in [4.78, 5) is 13.2. The van der Waals surface area contributed by atoms with Gasteiger partial charge in [-0.3, -0.25) is 4.79 Å². The summed E-state index contributed by atoms with van der Waals surface area (Å²) in [6.07, 6.45) is 5.10. The fourth-order valence-corrected chi connectivity index (χ4v) is 3.36. The Bertz CT molecular complexity index is 467. The van der Waals surface area contributed by atoms with Gasteiger partial charge in [-0.05, 0) is 49.6 Å². The van der Waals surface area contributed by atoms with Gasteiger partial charge >= 0.3 is 0 Å². The van der Waals surface area contributed by atoms with Crippen molar-refractivity contribution in [3.05, 3.63) is 28.8 Å². The summed E-state index contributed by atoms with van der Waals surface area (Å²) in [5.41, 5.74) is 0.550. The summed E-state index contributed by atoms with van der Waals surface area (Å²) >= 11 is 13.7. The Balaban J connectivity index is 1.96. The lowest BCUT2D eigenvalue weighted by molar-refractivity contribution is 0.0947. The molecule has 1 aromatic carbocycles. The normalized spacial score (nSPS) is 22.5. The minimum atomic E-state index is -0.0982. The molecule has 1 amide bonds. The maximum absolute atomic E-state index is 12.1. The molecule has 19 heavy (non-hydrogen) atoms. The van der Waals surface area contributed by atoms with Crippen LogP contribution in [0.25, 0.3) is 0 Å². The van der Waals surface area contributed by atoms with Crippen LogP contribution < -0.4 is 5.32 Å². The van der Waals surface area contributed by atoms with Crippen molar-refractivity contribution in [2.45, 2.75) is 29.5 Å². The topological polar surface area (TPSA) is 29.1 Å². The number of carbonyl (C=O) groups is 1. The molecule has 1 aliphatic carbocycles. The quantitative estimate of drug-likeness (QED) is 0.666. The molecule has 104 valence electrons. The molecule has 1 aromatic rings. The van der Waals surface area contributed by atoms with E-state index in [1.54, 1.807) is 17.8 Å². The van der Waals surface area contributed by atoms with Crippen LogP contribution in [-0.2, 0) is 0 Å². The fraction of sp³-hybridized carbons (Fsp3) is 0.500. The van der Waals surface area contributed by atoms with Crippen molar-refractivity contribution in [2.75, 3.05) is 12.8 Å². The molecule has 0 spiro atoms. The predicted molar refractivity (Wildman–Crippen MR) is 82.5 cm³/mol. The van der Waals surface area contributed by atoms with Crippen LogP contribution in [0.1, 0.15) is 29.6 Å². The second kappa shape index (κ2) is 6.87. The summed E-state index contributed by atoms with van der Waals surface area (Å²) in [6.45, 7) is 0.682. The summed E-state index contributed by atoms with van der Waals surface area (Å²) in [5, 5.41) is 3.73. The third-order valence-electron chi connectivity index (χ3n) is 3.45. The fourth-order valence-electron chi connectivity index (χ4n) is 2.34. The first-order valence-electron chi connectivity index (χ1n) is 6.36. The van der Waals surface area contributed by atoms with Gasteiger partial charge in [0.15, 0.2) is 0 Å². The van der Waals surface area contributed by atoms with E-state index in [1.807, 2.05) is 18.4 Å². The van der Waals surface area contributed by atoms with Gasteiger partial charge in [-0.25, -0.2) is 0 Å². The van der Waals surface area contributed by atoms with Crippen molar-refractivity contribution in [3.8, 4) is 0 Å². The van der Waals surface area contributed by atoms with Crippen LogP contribution in [0.4, 0.5) is 0 Å². The monoisotopic (exact) mass is 317 g/mol. The standard InChI is InChI=1S/C14H17Cl2NOS/c1-19-11-4-5-13(16)12(7-11)14(18)17-8-9-2-3-10(15)6-9/h4-5,7,9-10H,2-3,6,8H2,1H3,(H,17,18). The van der Waals surface area contributed by atoms with Crippen molar-refractivity contribution in [1.29, 1.82) is 0 Å². The van der Waals surface area contributed by atoms with Crippen LogP contribution in [0.3, 0.4) is 0 Å². The number of nitrogens with one attached hydrogen (secondary N) is 1. The molecule has 1 saturated carbocycles. The van der Waals surface area contributed by atoms with Gasteiger partial charge in [0, 0.05) is 16.8 Å².